The summed E-state index contributed by atoms with van der Waals surface area (Å²) in [5, 5.41) is 4.38. The van der Waals surface area contributed by atoms with Gasteiger partial charge in [0, 0.05) is 22.4 Å². The topological polar surface area (TPSA) is 118 Å². The third-order valence-corrected chi connectivity index (χ3v) is 9.72. The van der Waals surface area contributed by atoms with E-state index in [2.05, 4.69) is 10.3 Å². The van der Waals surface area contributed by atoms with Crippen LogP contribution in [0.25, 0.3) is 41.6 Å². The van der Waals surface area contributed by atoms with Crippen molar-refractivity contribution in [3.05, 3.63) is 90.0 Å². The van der Waals surface area contributed by atoms with Gasteiger partial charge in [-0.1, -0.05) is 6.07 Å². The van der Waals surface area contributed by atoms with E-state index in [-0.39, 0.29) is 10.8 Å². The lowest BCUT2D eigenvalue weighted by Crippen LogP contribution is -2.11. The van der Waals surface area contributed by atoms with Gasteiger partial charge in [0.05, 0.1) is 27.5 Å². The third kappa shape index (κ3) is 4.95. The van der Waals surface area contributed by atoms with Gasteiger partial charge >= 0.3 is 0 Å². The number of nitrogens with one attached hydrogen (secondary N) is 1. The number of aryl methyl sites for hydroxylation is 1. The summed E-state index contributed by atoms with van der Waals surface area (Å²) in [5.41, 5.74) is 4.77. The van der Waals surface area contributed by atoms with Gasteiger partial charge in [0.1, 0.15) is 20.7 Å². The minimum absolute atomic E-state index is 0.0986. The highest BCUT2D eigenvalue weighted by atomic mass is 32.2. The van der Waals surface area contributed by atoms with E-state index < -0.39 is 10.1 Å². The summed E-state index contributed by atoms with van der Waals surface area (Å²) >= 11 is 2.76. The predicted molar refractivity (Wildman–Crippen MR) is 159 cm³/mol. The molecule has 0 saturated carbocycles. The SMILES string of the molecule is COc1ccc(C(=O)Nc2ccc(-c3nc4ccc(-c5nc6ccc(C)c(S(=O)(=O)O)c6s5)cc4s3)cc2)cc1. The highest BCUT2D eigenvalue weighted by molar-refractivity contribution is 7.86. The molecule has 4 aromatic carbocycles. The predicted octanol–water partition coefficient (Wildman–Crippen LogP) is 7.06. The Bertz CT molecular complexity index is 2010. The molecule has 0 spiro atoms. The van der Waals surface area contributed by atoms with Gasteiger partial charge in [0.2, 0.25) is 0 Å². The molecule has 2 heterocycles. The van der Waals surface area contributed by atoms with Crippen molar-refractivity contribution in [2.24, 2.45) is 0 Å². The van der Waals surface area contributed by atoms with Crippen LogP contribution in [0.15, 0.2) is 83.8 Å². The van der Waals surface area contributed by atoms with Crippen LogP contribution in [0.4, 0.5) is 5.69 Å². The number of fused-ring (bicyclic) bond motifs is 2. The number of benzene rings is 4. The number of ether oxygens (including phenoxy) is 1. The van der Waals surface area contributed by atoms with Crippen LogP contribution >= 0.6 is 22.7 Å². The number of aromatic nitrogens is 2. The zero-order valence-electron chi connectivity index (χ0n) is 21.2. The van der Waals surface area contributed by atoms with Gasteiger partial charge in [0.25, 0.3) is 16.0 Å². The Morgan fingerprint density at radius 3 is 2.20 bits per heavy atom. The molecule has 11 heteroatoms. The number of hydrogen-bond acceptors (Lipinski definition) is 8. The molecule has 2 N–H and O–H groups in total. The van der Waals surface area contributed by atoms with Crippen LogP contribution in [0.3, 0.4) is 0 Å². The molecule has 200 valence electrons. The van der Waals surface area contributed by atoms with Gasteiger partial charge < -0.3 is 10.1 Å². The number of hydrogen-bond donors (Lipinski definition) is 2. The number of amides is 1. The first-order valence-corrected chi connectivity index (χ1v) is 15.1. The number of nitrogens with zero attached hydrogens (tertiary/aromatic N) is 2. The maximum atomic E-state index is 12.6. The molecule has 40 heavy (non-hydrogen) atoms. The average Bonchev–Trinajstić information content (AvgIpc) is 3.56. The minimum Gasteiger partial charge on any atom is -0.497 e. The van der Waals surface area contributed by atoms with Gasteiger partial charge in [-0.25, -0.2) is 9.97 Å². The van der Waals surface area contributed by atoms with Crippen LogP contribution in [0, 0.1) is 6.92 Å². The Morgan fingerprint density at radius 1 is 0.850 bits per heavy atom. The van der Waals surface area contributed by atoms with Crippen LogP contribution in [0.1, 0.15) is 15.9 Å². The zero-order valence-corrected chi connectivity index (χ0v) is 23.7. The van der Waals surface area contributed by atoms with Crippen molar-refractivity contribution < 1.29 is 22.5 Å². The molecule has 8 nitrogen and oxygen atoms in total. The van der Waals surface area contributed by atoms with Gasteiger partial charge in [-0.15, -0.1) is 22.7 Å². The maximum absolute atomic E-state index is 12.6. The molecule has 0 aliphatic rings. The van der Waals surface area contributed by atoms with E-state index in [1.165, 1.54) is 22.7 Å². The van der Waals surface area contributed by atoms with Crippen molar-refractivity contribution in [1.82, 2.24) is 9.97 Å². The van der Waals surface area contributed by atoms with Crippen molar-refractivity contribution in [3.63, 3.8) is 0 Å². The van der Waals surface area contributed by atoms with Crippen molar-refractivity contribution >= 4 is 64.8 Å². The molecule has 0 aliphatic carbocycles. The summed E-state index contributed by atoms with van der Waals surface area (Å²) in [6.07, 6.45) is 0. The van der Waals surface area contributed by atoms with Crippen LogP contribution in [-0.4, -0.2) is 36.0 Å². The highest BCUT2D eigenvalue weighted by Gasteiger charge is 2.21. The van der Waals surface area contributed by atoms with E-state index >= 15 is 0 Å². The Labute approximate surface area is 237 Å². The Morgan fingerprint density at radius 2 is 1.50 bits per heavy atom. The van der Waals surface area contributed by atoms with Crippen molar-refractivity contribution in [3.8, 4) is 26.9 Å². The van der Waals surface area contributed by atoms with Crippen molar-refractivity contribution in [2.75, 3.05) is 12.4 Å². The molecule has 0 bridgehead atoms. The highest BCUT2D eigenvalue weighted by Crippen LogP contribution is 2.38. The second-order valence-electron chi connectivity index (χ2n) is 9.02. The number of methoxy groups -OCH3 is 1. The van der Waals surface area contributed by atoms with Crippen LogP contribution < -0.4 is 10.1 Å². The quantitative estimate of drug-likeness (QED) is 0.200. The lowest BCUT2D eigenvalue weighted by atomic mass is 10.2. The minimum atomic E-state index is -4.38. The van der Waals surface area contributed by atoms with Crippen molar-refractivity contribution in [2.45, 2.75) is 11.8 Å². The van der Waals surface area contributed by atoms with Crippen LogP contribution in [0.5, 0.6) is 5.75 Å². The molecule has 0 atom stereocenters. The fourth-order valence-corrected chi connectivity index (χ4v) is 7.65. The fourth-order valence-electron chi connectivity index (χ4n) is 4.33. The largest absolute Gasteiger partial charge is 0.497 e. The smallest absolute Gasteiger partial charge is 0.296 e. The van der Waals surface area contributed by atoms with E-state index in [0.29, 0.717) is 37.8 Å². The molecule has 0 aliphatic heterocycles. The summed E-state index contributed by atoms with van der Waals surface area (Å²) in [4.78, 5) is 21.9. The maximum Gasteiger partial charge on any atom is 0.296 e. The molecule has 6 rings (SSSR count). The summed E-state index contributed by atoms with van der Waals surface area (Å²) in [6.45, 7) is 1.65. The average molecular weight is 588 g/mol. The Kier molecular flexibility index (Phi) is 6.59. The molecule has 0 unspecified atom stereocenters. The van der Waals surface area contributed by atoms with E-state index in [4.69, 9.17) is 9.72 Å². The monoisotopic (exact) mass is 587 g/mol. The number of rotatable bonds is 6. The molecule has 6 aromatic rings. The third-order valence-electron chi connectivity index (χ3n) is 6.34. The molecule has 1 amide bonds. The van der Waals surface area contributed by atoms with E-state index in [1.807, 2.05) is 42.5 Å². The van der Waals surface area contributed by atoms with Crippen molar-refractivity contribution in [1.29, 1.82) is 0 Å². The summed E-state index contributed by atoms with van der Waals surface area (Å²) in [5.74, 6) is 0.474. The standard InChI is InChI=1S/C29H21N3O5S3/c1-16-3-13-23-25(26(16)40(34,35)36)39-29(32-23)19-8-14-22-24(15-19)38-28(31-22)18-4-9-20(10-5-18)30-27(33)17-6-11-21(37-2)12-7-17/h3-15H,1-2H3,(H,30,33)(H,34,35,36). The van der Waals surface area contributed by atoms with E-state index in [0.717, 1.165) is 26.4 Å². The number of carbonyl (C=O) groups excluding carboxylic acids is 1. The zero-order chi connectivity index (χ0) is 28.0. The molecular formula is C29H21N3O5S3. The Hall–Kier alpha value is -4.16. The second kappa shape index (κ2) is 10.1. The molecule has 0 fully saturated rings. The normalized spacial score (nSPS) is 11.7. The lowest BCUT2D eigenvalue weighted by Gasteiger charge is -2.06. The summed E-state index contributed by atoms with van der Waals surface area (Å²) in [6, 6.07) is 23.6. The number of thiazole rings is 2. The first-order valence-electron chi connectivity index (χ1n) is 12.0. The molecule has 0 radical (unpaired) electrons. The number of carbonyl (C=O) groups is 1. The van der Waals surface area contributed by atoms with Crippen LogP contribution in [0.2, 0.25) is 0 Å². The Balaban J connectivity index is 1.25. The van der Waals surface area contributed by atoms with Gasteiger partial charge in [-0.2, -0.15) is 8.42 Å². The first kappa shape index (κ1) is 26.1. The molecule has 0 saturated heterocycles. The second-order valence-corrected chi connectivity index (χ2v) is 12.4. The lowest BCUT2D eigenvalue weighted by molar-refractivity contribution is 0.102. The van der Waals surface area contributed by atoms with E-state index in [1.54, 1.807) is 50.4 Å². The van der Waals surface area contributed by atoms with Gasteiger partial charge in [0.15, 0.2) is 0 Å². The van der Waals surface area contributed by atoms with E-state index in [9.17, 15) is 17.8 Å². The van der Waals surface area contributed by atoms with Crippen LogP contribution in [-0.2, 0) is 10.1 Å². The number of anilines is 1. The molecular weight excluding hydrogens is 567 g/mol. The summed E-state index contributed by atoms with van der Waals surface area (Å²) in [7, 11) is -2.80. The first-order chi connectivity index (χ1) is 19.2. The summed E-state index contributed by atoms with van der Waals surface area (Å²) < 4.78 is 40.3. The molecule has 2 aromatic heterocycles. The van der Waals surface area contributed by atoms with Gasteiger partial charge in [-0.3, -0.25) is 9.35 Å². The van der Waals surface area contributed by atoms with Gasteiger partial charge in [-0.05, 0) is 85.3 Å². The fraction of sp³-hybridized carbons (Fsp3) is 0.0690.